The van der Waals surface area contributed by atoms with Gasteiger partial charge in [0.05, 0.1) is 0 Å². The van der Waals surface area contributed by atoms with E-state index < -0.39 is 11.8 Å². The van der Waals surface area contributed by atoms with Crippen LogP contribution in [0.4, 0.5) is 5.69 Å². The summed E-state index contributed by atoms with van der Waals surface area (Å²) in [7, 11) is 0. The molecule has 0 spiro atoms. The molecule has 3 amide bonds. The number of rotatable bonds is 4. The summed E-state index contributed by atoms with van der Waals surface area (Å²) in [6, 6.07) is 15.7. The van der Waals surface area contributed by atoms with Gasteiger partial charge in [-0.1, -0.05) is 48.0 Å². The van der Waals surface area contributed by atoms with E-state index in [-0.39, 0.29) is 12.5 Å². The molecule has 0 atom stereocenters. The number of carbonyl (C=O) groups excluding carboxylic acids is 3. The maximum Gasteiger partial charge on any atom is 0.312 e. The van der Waals surface area contributed by atoms with Crippen LogP contribution in [0.5, 0.6) is 0 Å². The standard InChI is InChI=1S/C22H23N3O3/c1-16-5-4-6-17(13-16)14-23-11-12-24(22(28)21(23)27)15-20(26)25-10-9-18-7-2-3-8-19(18)25/h2-8,13H,9-12,14-15H2,1H3. The number of hydrogen-bond donors (Lipinski definition) is 0. The van der Waals surface area contributed by atoms with Crippen molar-refractivity contribution in [3.8, 4) is 0 Å². The molecule has 2 heterocycles. The molecule has 0 unspecified atom stereocenters. The minimum atomic E-state index is -0.597. The molecule has 0 aromatic heterocycles. The van der Waals surface area contributed by atoms with E-state index in [2.05, 4.69) is 0 Å². The number of amides is 3. The SMILES string of the molecule is Cc1cccc(CN2CCN(CC(=O)N3CCc4ccccc43)C(=O)C2=O)c1. The summed E-state index contributed by atoms with van der Waals surface area (Å²) in [5, 5.41) is 0. The van der Waals surface area contributed by atoms with Crippen LogP contribution in [0, 0.1) is 6.92 Å². The van der Waals surface area contributed by atoms with Crippen molar-refractivity contribution >= 4 is 23.4 Å². The molecular formula is C22H23N3O3. The third-order valence-electron chi connectivity index (χ3n) is 5.37. The molecule has 28 heavy (non-hydrogen) atoms. The van der Waals surface area contributed by atoms with Gasteiger partial charge in [-0.3, -0.25) is 14.4 Å². The number of anilines is 1. The number of fused-ring (bicyclic) bond motifs is 1. The molecule has 2 aliphatic heterocycles. The first-order valence-electron chi connectivity index (χ1n) is 9.55. The van der Waals surface area contributed by atoms with Crippen molar-refractivity contribution in [3.05, 3.63) is 65.2 Å². The average molecular weight is 377 g/mol. The largest absolute Gasteiger partial charge is 0.328 e. The van der Waals surface area contributed by atoms with Crippen LogP contribution in [0.25, 0.3) is 0 Å². The van der Waals surface area contributed by atoms with E-state index in [1.54, 1.807) is 9.80 Å². The smallest absolute Gasteiger partial charge is 0.312 e. The molecule has 0 N–H and O–H groups in total. The lowest BCUT2D eigenvalue weighted by molar-refractivity contribution is -0.157. The molecule has 0 radical (unpaired) electrons. The van der Waals surface area contributed by atoms with Gasteiger partial charge in [0.25, 0.3) is 0 Å². The average Bonchev–Trinajstić information content (AvgIpc) is 3.12. The van der Waals surface area contributed by atoms with Crippen molar-refractivity contribution in [2.75, 3.05) is 31.1 Å². The fourth-order valence-corrected chi connectivity index (χ4v) is 3.89. The number of piperazine rings is 1. The summed E-state index contributed by atoms with van der Waals surface area (Å²) < 4.78 is 0. The molecule has 6 nitrogen and oxygen atoms in total. The topological polar surface area (TPSA) is 60.9 Å². The van der Waals surface area contributed by atoms with Gasteiger partial charge in [0, 0.05) is 31.9 Å². The van der Waals surface area contributed by atoms with Crippen LogP contribution in [0.1, 0.15) is 16.7 Å². The van der Waals surface area contributed by atoms with Crippen molar-refractivity contribution in [1.29, 1.82) is 0 Å². The summed E-state index contributed by atoms with van der Waals surface area (Å²) in [6.45, 7) is 3.77. The second kappa shape index (κ2) is 7.46. The minimum absolute atomic E-state index is 0.0583. The molecule has 144 valence electrons. The molecule has 0 saturated carbocycles. The van der Waals surface area contributed by atoms with Gasteiger partial charge in [-0.25, -0.2) is 0 Å². The molecule has 0 bridgehead atoms. The second-order valence-corrected chi connectivity index (χ2v) is 7.37. The van der Waals surface area contributed by atoms with E-state index >= 15 is 0 Å². The predicted molar refractivity (Wildman–Crippen MR) is 106 cm³/mol. The fraction of sp³-hybridized carbons (Fsp3) is 0.318. The molecule has 2 aliphatic rings. The summed E-state index contributed by atoms with van der Waals surface area (Å²) in [5.41, 5.74) is 4.16. The van der Waals surface area contributed by atoms with Crippen molar-refractivity contribution in [2.45, 2.75) is 19.9 Å². The lowest BCUT2D eigenvalue weighted by Crippen LogP contribution is -2.56. The molecule has 1 fully saturated rings. The maximum atomic E-state index is 12.7. The normalized spacial score (nSPS) is 16.5. The fourth-order valence-electron chi connectivity index (χ4n) is 3.89. The Labute approximate surface area is 164 Å². The van der Waals surface area contributed by atoms with Crippen molar-refractivity contribution < 1.29 is 14.4 Å². The lowest BCUT2D eigenvalue weighted by Gasteiger charge is -2.34. The van der Waals surface area contributed by atoms with Crippen LogP contribution in [-0.4, -0.2) is 53.7 Å². The van der Waals surface area contributed by atoms with Crippen LogP contribution in [-0.2, 0) is 27.3 Å². The number of para-hydroxylation sites is 1. The number of aryl methyl sites for hydroxylation is 1. The van der Waals surface area contributed by atoms with Crippen molar-refractivity contribution in [1.82, 2.24) is 9.80 Å². The number of nitrogens with zero attached hydrogens (tertiary/aromatic N) is 3. The summed E-state index contributed by atoms with van der Waals surface area (Å²) in [6.07, 6.45) is 0.819. The van der Waals surface area contributed by atoms with E-state index in [9.17, 15) is 14.4 Å². The molecule has 2 aromatic rings. The Hall–Kier alpha value is -3.15. The summed E-state index contributed by atoms with van der Waals surface area (Å²) in [4.78, 5) is 42.5. The van der Waals surface area contributed by atoms with E-state index in [4.69, 9.17) is 0 Å². The van der Waals surface area contributed by atoms with Crippen LogP contribution in [0.3, 0.4) is 0 Å². The Bertz CT molecular complexity index is 940. The lowest BCUT2D eigenvalue weighted by atomic mass is 10.1. The molecular weight excluding hydrogens is 354 g/mol. The Kier molecular flexibility index (Phi) is 4.86. The van der Waals surface area contributed by atoms with Crippen LogP contribution in [0.15, 0.2) is 48.5 Å². The highest BCUT2D eigenvalue weighted by atomic mass is 16.2. The minimum Gasteiger partial charge on any atom is -0.328 e. The van der Waals surface area contributed by atoms with Gasteiger partial charge in [-0.05, 0) is 30.5 Å². The zero-order chi connectivity index (χ0) is 19.7. The predicted octanol–water partition coefficient (Wildman–Crippen LogP) is 1.76. The Morgan fingerprint density at radius 2 is 1.68 bits per heavy atom. The van der Waals surface area contributed by atoms with Crippen LogP contribution in [0.2, 0.25) is 0 Å². The van der Waals surface area contributed by atoms with Gasteiger partial charge < -0.3 is 14.7 Å². The first-order valence-corrected chi connectivity index (χ1v) is 9.55. The monoisotopic (exact) mass is 377 g/mol. The van der Waals surface area contributed by atoms with Gasteiger partial charge in [-0.15, -0.1) is 0 Å². The van der Waals surface area contributed by atoms with E-state index in [0.29, 0.717) is 26.2 Å². The van der Waals surface area contributed by atoms with E-state index in [0.717, 1.165) is 28.8 Å². The zero-order valence-corrected chi connectivity index (χ0v) is 15.9. The quantitative estimate of drug-likeness (QED) is 0.763. The zero-order valence-electron chi connectivity index (χ0n) is 15.9. The molecule has 4 rings (SSSR count). The third-order valence-corrected chi connectivity index (χ3v) is 5.37. The Balaban J connectivity index is 1.39. The first kappa shape index (κ1) is 18.2. The van der Waals surface area contributed by atoms with E-state index in [1.165, 1.54) is 4.90 Å². The number of hydrogen-bond acceptors (Lipinski definition) is 3. The summed E-state index contributed by atoms with van der Waals surface area (Å²) >= 11 is 0. The number of carbonyl (C=O) groups is 3. The van der Waals surface area contributed by atoms with Gasteiger partial charge in [-0.2, -0.15) is 0 Å². The highest BCUT2D eigenvalue weighted by Gasteiger charge is 2.35. The molecule has 1 saturated heterocycles. The Morgan fingerprint density at radius 3 is 2.50 bits per heavy atom. The Morgan fingerprint density at radius 1 is 0.929 bits per heavy atom. The van der Waals surface area contributed by atoms with Gasteiger partial charge in [0.1, 0.15) is 6.54 Å². The van der Waals surface area contributed by atoms with Crippen LogP contribution >= 0.6 is 0 Å². The van der Waals surface area contributed by atoms with Gasteiger partial charge >= 0.3 is 11.8 Å². The highest BCUT2D eigenvalue weighted by Crippen LogP contribution is 2.27. The third kappa shape index (κ3) is 3.50. The first-order chi connectivity index (χ1) is 13.5. The van der Waals surface area contributed by atoms with Crippen molar-refractivity contribution in [2.24, 2.45) is 0 Å². The molecule has 2 aromatic carbocycles. The maximum absolute atomic E-state index is 12.7. The molecule has 0 aliphatic carbocycles. The van der Waals surface area contributed by atoms with Gasteiger partial charge in [0.15, 0.2) is 0 Å². The second-order valence-electron chi connectivity index (χ2n) is 7.37. The van der Waals surface area contributed by atoms with E-state index in [1.807, 2.05) is 55.5 Å². The van der Waals surface area contributed by atoms with Crippen LogP contribution < -0.4 is 4.90 Å². The van der Waals surface area contributed by atoms with Crippen molar-refractivity contribution in [3.63, 3.8) is 0 Å². The van der Waals surface area contributed by atoms with Gasteiger partial charge in [0.2, 0.25) is 5.91 Å². The highest BCUT2D eigenvalue weighted by molar-refractivity contribution is 6.35. The summed E-state index contributed by atoms with van der Waals surface area (Å²) in [5.74, 6) is -1.28. The number of benzene rings is 2. The molecule has 6 heteroatoms.